The van der Waals surface area contributed by atoms with Crippen molar-refractivity contribution in [2.75, 3.05) is 45.3 Å². The summed E-state index contributed by atoms with van der Waals surface area (Å²) < 4.78 is 5.60. The smallest absolute Gasteiger partial charge is 0.121 e. The van der Waals surface area contributed by atoms with Gasteiger partial charge in [0.15, 0.2) is 0 Å². The second-order valence-electron chi connectivity index (χ2n) is 4.00. The minimum Gasteiger partial charge on any atom is -0.493 e. The SMILES string of the molecule is CNc1ccc(OCCCN(C)C)cc1N. The Morgan fingerprint density at radius 1 is 1.38 bits per heavy atom. The first-order valence-corrected chi connectivity index (χ1v) is 5.48. The number of nitrogen functional groups attached to an aromatic ring is 1. The summed E-state index contributed by atoms with van der Waals surface area (Å²) in [5.41, 5.74) is 7.48. The van der Waals surface area contributed by atoms with E-state index in [9.17, 15) is 0 Å². The summed E-state index contributed by atoms with van der Waals surface area (Å²) in [6, 6.07) is 5.70. The maximum absolute atomic E-state index is 5.83. The molecule has 0 atom stereocenters. The highest BCUT2D eigenvalue weighted by atomic mass is 16.5. The first kappa shape index (κ1) is 12.6. The van der Waals surface area contributed by atoms with Crippen LogP contribution in [0.1, 0.15) is 6.42 Å². The van der Waals surface area contributed by atoms with Gasteiger partial charge in [-0.1, -0.05) is 0 Å². The Labute approximate surface area is 97.4 Å². The third-order valence-corrected chi connectivity index (χ3v) is 2.31. The number of rotatable bonds is 6. The molecule has 4 heteroatoms. The number of nitrogens with zero attached hydrogens (tertiary/aromatic N) is 1. The van der Waals surface area contributed by atoms with Crippen LogP contribution in [0.4, 0.5) is 11.4 Å². The lowest BCUT2D eigenvalue weighted by molar-refractivity contribution is 0.282. The maximum Gasteiger partial charge on any atom is 0.121 e. The van der Waals surface area contributed by atoms with Crippen LogP contribution in [-0.4, -0.2) is 39.2 Å². The average molecular weight is 223 g/mol. The molecular formula is C12H21N3O. The number of hydrogen-bond donors (Lipinski definition) is 2. The molecule has 0 amide bonds. The second-order valence-corrected chi connectivity index (χ2v) is 4.00. The highest BCUT2D eigenvalue weighted by Crippen LogP contribution is 2.23. The molecule has 0 aliphatic rings. The molecule has 0 aliphatic heterocycles. The third-order valence-electron chi connectivity index (χ3n) is 2.31. The van der Waals surface area contributed by atoms with E-state index < -0.39 is 0 Å². The van der Waals surface area contributed by atoms with E-state index in [0.29, 0.717) is 5.69 Å². The van der Waals surface area contributed by atoms with Crippen molar-refractivity contribution in [1.29, 1.82) is 0 Å². The van der Waals surface area contributed by atoms with Crippen LogP contribution in [0.5, 0.6) is 5.75 Å². The van der Waals surface area contributed by atoms with Crippen LogP contribution in [0.25, 0.3) is 0 Å². The van der Waals surface area contributed by atoms with Crippen LogP contribution < -0.4 is 15.8 Å². The highest BCUT2D eigenvalue weighted by Gasteiger charge is 1.99. The lowest BCUT2D eigenvalue weighted by atomic mass is 10.2. The van der Waals surface area contributed by atoms with Gasteiger partial charge in [-0.05, 0) is 32.6 Å². The monoisotopic (exact) mass is 223 g/mol. The van der Waals surface area contributed by atoms with Crippen molar-refractivity contribution in [3.8, 4) is 5.75 Å². The van der Waals surface area contributed by atoms with Crippen LogP contribution >= 0.6 is 0 Å². The largest absolute Gasteiger partial charge is 0.493 e. The molecule has 0 unspecified atom stereocenters. The lowest BCUT2D eigenvalue weighted by Gasteiger charge is -2.11. The molecule has 4 nitrogen and oxygen atoms in total. The molecule has 0 saturated heterocycles. The fourth-order valence-electron chi connectivity index (χ4n) is 1.43. The molecule has 0 aromatic heterocycles. The van der Waals surface area contributed by atoms with Crippen LogP contribution in [0, 0.1) is 0 Å². The molecule has 3 N–H and O–H groups in total. The number of nitrogens with two attached hydrogens (primary N) is 1. The summed E-state index contributed by atoms with van der Waals surface area (Å²) in [5, 5.41) is 3.02. The van der Waals surface area contributed by atoms with Crippen molar-refractivity contribution in [3.63, 3.8) is 0 Å². The van der Waals surface area contributed by atoms with Gasteiger partial charge in [0.2, 0.25) is 0 Å². The summed E-state index contributed by atoms with van der Waals surface area (Å²) in [5.74, 6) is 0.829. The standard InChI is InChI=1S/C12H21N3O/c1-14-12-6-5-10(9-11(12)13)16-8-4-7-15(2)3/h5-6,9,14H,4,7-8,13H2,1-3H3. The van der Waals surface area contributed by atoms with Gasteiger partial charge in [-0.25, -0.2) is 0 Å². The summed E-state index contributed by atoms with van der Waals surface area (Å²) in [6.45, 7) is 1.75. The molecule has 0 fully saturated rings. The van der Waals surface area contributed by atoms with Gasteiger partial charge in [0, 0.05) is 19.7 Å². The first-order valence-electron chi connectivity index (χ1n) is 5.48. The summed E-state index contributed by atoms with van der Waals surface area (Å²) in [4.78, 5) is 2.14. The van der Waals surface area contributed by atoms with Crippen molar-refractivity contribution in [2.24, 2.45) is 0 Å². The minimum absolute atomic E-state index is 0.715. The van der Waals surface area contributed by atoms with Gasteiger partial charge >= 0.3 is 0 Å². The van der Waals surface area contributed by atoms with Crippen LogP contribution in [0.2, 0.25) is 0 Å². The highest BCUT2D eigenvalue weighted by molar-refractivity contribution is 5.67. The molecule has 0 heterocycles. The lowest BCUT2D eigenvalue weighted by Crippen LogP contribution is -2.15. The number of anilines is 2. The minimum atomic E-state index is 0.715. The van der Waals surface area contributed by atoms with Crippen molar-refractivity contribution < 1.29 is 4.74 Å². The molecule has 16 heavy (non-hydrogen) atoms. The molecule has 0 spiro atoms. The van der Waals surface area contributed by atoms with Crippen molar-refractivity contribution in [3.05, 3.63) is 18.2 Å². The van der Waals surface area contributed by atoms with E-state index in [-0.39, 0.29) is 0 Å². The predicted octanol–water partition coefficient (Wildman–Crippen LogP) is 1.64. The molecule has 1 aromatic carbocycles. The van der Waals surface area contributed by atoms with E-state index in [1.807, 2.05) is 25.2 Å². The number of benzene rings is 1. The Kier molecular flexibility index (Phi) is 4.92. The van der Waals surface area contributed by atoms with Crippen molar-refractivity contribution >= 4 is 11.4 Å². The molecule has 1 aromatic rings. The van der Waals surface area contributed by atoms with Crippen LogP contribution in [0.15, 0.2) is 18.2 Å². The molecular weight excluding hydrogens is 202 g/mol. The van der Waals surface area contributed by atoms with Gasteiger partial charge in [0.1, 0.15) is 5.75 Å². The second kappa shape index (κ2) is 6.23. The first-order chi connectivity index (χ1) is 7.63. The number of hydrogen-bond acceptors (Lipinski definition) is 4. The van der Waals surface area contributed by atoms with E-state index in [0.717, 1.165) is 31.0 Å². The number of nitrogens with one attached hydrogen (secondary N) is 1. The fourth-order valence-corrected chi connectivity index (χ4v) is 1.43. The van der Waals surface area contributed by atoms with Crippen LogP contribution in [-0.2, 0) is 0 Å². The summed E-state index contributed by atoms with van der Waals surface area (Å²) >= 11 is 0. The Balaban J connectivity index is 2.40. The molecule has 0 radical (unpaired) electrons. The average Bonchev–Trinajstić information content (AvgIpc) is 2.24. The predicted molar refractivity (Wildman–Crippen MR) is 69.1 cm³/mol. The molecule has 1 rings (SSSR count). The summed E-state index contributed by atoms with van der Waals surface area (Å²) in [7, 11) is 5.96. The zero-order valence-corrected chi connectivity index (χ0v) is 10.3. The Morgan fingerprint density at radius 2 is 2.12 bits per heavy atom. The zero-order valence-electron chi connectivity index (χ0n) is 10.3. The van der Waals surface area contributed by atoms with E-state index >= 15 is 0 Å². The Bertz CT molecular complexity index is 326. The molecule has 90 valence electrons. The van der Waals surface area contributed by atoms with Gasteiger partial charge in [-0.2, -0.15) is 0 Å². The van der Waals surface area contributed by atoms with Gasteiger partial charge in [-0.15, -0.1) is 0 Å². The fraction of sp³-hybridized carbons (Fsp3) is 0.500. The van der Waals surface area contributed by atoms with Crippen LogP contribution in [0.3, 0.4) is 0 Å². The van der Waals surface area contributed by atoms with Gasteiger partial charge < -0.3 is 20.7 Å². The van der Waals surface area contributed by atoms with Crippen molar-refractivity contribution in [2.45, 2.75) is 6.42 Å². The number of ether oxygens (including phenoxy) is 1. The van der Waals surface area contributed by atoms with E-state index in [1.165, 1.54) is 0 Å². The van der Waals surface area contributed by atoms with E-state index in [2.05, 4.69) is 24.3 Å². The normalized spacial score (nSPS) is 10.5. The Hall–Kier alpha value is -1.42. The maximum atomic E-state index is 5.83. The zero-order chi connectivity index (χ0) is 12.0. The van der Waals surface area contributed by atoms with Gasteiger partial charge in [0.05, 0.1) is 18.0 Å². The molecule has 0 bridgehead atoms. The van der Waals surface area contributed by atoms with E-state index in [4.69, 9.17) is 10.5 Å². The van der Waals surface area contributed by atoms with E-state index in [1.54, 1.807) is 0 Å². The summed E-state index contributed by atoms with van der Waals surface area (Å²) in [6.07, 6.45) is 1.01. The van der Waals surface area contributed by atoms with Crippen molar-refractivity contribution in [1.82, 2.24) is 4.90 Å². The molecule has 0 aliphatic carbocycles. The quantitative estimate of drug-likeness (QED) is 0.568. The van der Waals surface area contributed by atoms with Gasteiger partial charge in [0.25, 0.3) is 0 Å². The molecule has 0 saturated carbocycles. The Morgan fingerprint density at radius 3 is 2.69 bits per heavy atom. The van der Waals surface area contributed by atoms with Gasteiger partial charge in [-0.3, -0.25) is 0 Å². The topological polar surface area (TPSA) is 50.5 Å². The third kappa shape index (κ3) is 3.98.